The van der Waals surface area contributed by atoms with Crippen LogP contribution in [0, 0.1) is 5.92 Å². The van der Waals surface area contributed by atoms with Gasteiger partial charge in [-0.2, -0.15) is 13.2 Å². The minimum Gasteiger partial charge on any atom is -0.343 e. The first-order valence-corrected chi connectivity index (χ1v) is 17.5. The second-order valence-corrected chi connectivity index (χ2v) is 15.2. The SMILES string of the molecule is CC(C)CC(NC(c1ccc(-c2ccc(S(C)(=O)=O)cc2)cc1)C(F)(F)F)C(=O)NC1CCN(S(=O)(=O)c2ccccc2)C1=O. The van der Waals surface area contributed by atoms with Gasteiger partial charge in [-0.1, -0.05) is 68.4 Å². The fourth-order valence-corrected chi connectivity index (χ4v) is 7.18. The normalized spacial score (nSPS) is 17.4. The molecule has 0 bridgehead atoms. The maximum atomic E-state index is 14.4. The van der Waals surface area contributed by atoms with Gasteiger partial charge in [0.2, 0.25) is 5.91 Å². The number of sulfonamides is 1. The van der Waals surface area contributed by atoms with E-state index in [0.29, 0.717) is 15.4 Å². The largest absolute Gasteiger partial charge is 0.407 e. The van der Waals surface area contributed by atoms with Crippen molar-refractivity contribution in [2.75, 3.05) is 12.8 Å². The van der Waals surface area contributed by atoms with Crippen LogP contribution in [0.2, 0.25) is 0 Å². The smallest absolute Gasteiger partial charge is 0.343 e. The Kier molecular flexibility index (Phi) is 10.1. The molecular formula is C31H34F3N3O6S2. The fourth-order valence-electron chi connectivity index (χ4n) is 5.08. The van der Waals surface area contributed by atoms with E-state index in [1.165, 1.54) is 60.7 Å². The van der Waals surface area contributed by atoms with Crippen LogP contribution in [0.1, 0.15) is 38.3 Å². The maximum absolute atomic E-state index is 14.4. The van der Waals surface area contributed by atoms with Crippen molar-refractivity contribution in [1.82, 2.24) is 14.9 Å². The molecule has 2 N–H and O–H groups in total. The lowest BCUT2D eigenvalue weighted by Crippen LogP contribution is -2.53. The average molecular weight is 666 g/mol. The van der Waals surface area contributed by atoms with Gasteiger partial charge in [-0.25, -0.2) is 21.1 Å². The first-order valence-electron chi connectivity index (χ1n) is 14.1. The van der Waals surface area contributed by atoms with Crippen LogP contribution in [0.15, 0.2) is 88.7 Å². The molecule has 1 aliphatic rings. The van der Waals surface area contributed by atoms with Crippen LogP contribution >= 0.6 is 0 Å². The molecule has 1 saturated heterocycles. The Morgan fingerprint density at radius 2 is 1.44 bits per heavy atom. The minimum atomic E-state index is -4.79. The fraction of sp³-hybridized carbons (Fsp3) is 0.355. The number of sulfone groups is 1. The summed E-state index contributed by atoms with van der Waals surface area (Å²) in [6.07, 6.45) is -3.74. The molecule has 1 heterocycles. The van der Waals surface area contributed by atoms with Gasteiger partial charge in [0.15, 0.2) is 9.84 Å². The van der Waals surface area contributed by atoms with Crippen LogP contribution in [-0.4, -0.2) is 64.0 Å². The monoisotopic (exact) mass is 665 g/mol. The summed E-state index contributed by atoms with van der Waals surface area (Å²) >= 11 is 0. The van der Waals surface area contributed by atoms with E-state index in [9.17, 15) is 39.6 Å². The molecule has 0 aromatic heterocycles. The summed E-state index contributed by atoms with van der Waals surface area (Å²) in [6, 6.07) is 14.0. The molecule has 45 heavy (non-hydrogen) atoms. The summed E-state index contributed by atoms with van der Waals surface area (Å²) in [5.74, 6) is -1.91. The molecule has 0 spiro atoms. The van der Waals surface area contributed by atoms with Gasteiger partial charge in [-0.3, -0.25) is 14.9 Å². The minimum absolute atomic E-state index is 0.0100. The lowest BCUT2D eigenvalue weighted by atomic mass is 9.97. The first kappa shape index (κ1) is 34.1. The van der Waals surface area contributed by atoms with Crippen molar-refractivity contribution in [3.05, 3.63) is 84.4 Å². The van der Waals surface area contributed by atoms with Gasteiger partial charge in [0.05, 0.1) is 15.8 Å². The zero-order valence-electron chi connectivity index (χ0n) is 24.8. The number of hydrogen-bond acceptors (Lipinski definition) is 7. The summed E-state index contributed by atoms with van der Waals surface area (Å²) in [5.41, 5.74) is 1.01. The Hall–Kier alpha value is -3.75. The second-order valence-electron chi connectivity index (χ2n) is 11.3. The van der Waals surface area contributed by atoms with Crippen molar-refractivity contribution in [3.63, 3.8) is 0 Å². The van der Waals surface area contributed by atoms with E-state index in [1.54, 1.807) is 32.0 Å². The summed E-state index contributed by atoms with van der Waals surface area (Å²) in [6.45, 7) is 3.30. The Morgan fingerprint density at radius 1 is 0.889 bits per heavy atom. The lowest BCUT2D eigenvalue weighted by molar-refractivity contribution is -0.161. The number of nitrogens with zero attached hydrogens (tertiary/aromatic N) is 1. The second kappa shape index (κ2) is 13.3. The Balaban J connectivity index is 1.52. The van der Waals surface area contributed by atoms with Crippen LogP contribution in [-0.2, 0) is 29.4 Å². The molecule has 3 unspecified atom stereocenters. The molecular weight excluding hydrogens is 631 g/mol. The zero-order chi connectivity index (χ0) is 33.2. The van der Waals surface area contributed by atoms with E-state index in [2.05, 4.69) is 10.6 Å². The standard InChI is InChI=1S/C31H34F3N3O6S2/c1-20(2)19-27(29(38)36-26-17-18-37(30(26)39)45(42,43)25-7-5-4-6-8-25)35-28(31(32,33)34)23-11-9-21(10-12-23)22-13-15-24(16-14-22)44(3,40)41/h4-16,20,26-28,35H,17-19H2,1-3H3,(H,36,38). The number of benzene rings is 3. The highest BCUT2D eigenvalue weighted by atomic mass is 32.2. The number of alkyl halides is 3. The number of nitrogens with one attached hydrogen (secondary N) is 2. The summed E-state index contributed by atoms with van der Waals surface area (Å²) in [5, 5.41) is 4.91. The van der Waals surface area contributed by atoms with E-state index >= 15 is 0 Å². The van der Waals surface area contributed by atoms with E-state index in [1.807, 2.05) is 0 Å². The molecule has 4 rings (SSSR count). The van der Waals surface area contributed by atoms with Gasteiger partial charge < -0.3 is 5.32 Å². The molecule has 0 radical (unpaired) electrons. The number of amides is 2. The third kappa shape index (κ3) is 8.10. The van der Waals surface area contributed by atoms with Crippen molar-refractivity contribution in [3.8, 4) is 11.1 Å². The van der Waals surface area contributed by atoms with Gasteiger partial charge in [-0.05, 0) is 59.7 Å². The Morgan fingerprint density at radius 3 is 1.96 bits per heavy atom. The molecule has 0 aliphatic carbocycles. The van der Waals surface area contributed by atoms with Crippen molar-refractivity contribution in [2.24, 2.45) is 5.92 Å². The number of carbonyl (C=O) groups is 2. The molecule has 1 fully saturated rings. The topological polar surface area (TPSA) is 130 Å². The molecule has 9 nitrogen and oxygen atoms in total. The Labute approximate surface area is 260 Å². The highest BCUT2D eigenvalue weighted by Crippen LogP contribution is 2.35. The van der Waals surface area contributed by atoms with E-state index in [0.717, 1.165) is 6.26 Å². The lowest BCUT2D eigenvalue weighted by Gasteiger charge is -2.29. The Bertz CT molecular complexity index is 1730. The van der Waals surface area contributed by atoms with Crippen molar-refractivity contribution < 1.29 is 39.6 Å². The van der Waals surface area contributed by atoms with Gasteiger partial charge >= 0.3 is 6.18 Å². The summed E-state index contributed by atoms with van der Waals surface area (Å²) < 4.78 is 93.2. The van der Waals surface area contributed by atoms with Gasteiger partial charge in [0.25, 0.3) is 15.9 Å². The number of hydrogen-bond donors (Lipinski definition) is 2. The van der Waals surface area contributed by atoms with Crippen LogP contribution in [0.3, 0.4) is 0 Å². The van der Waals surface area contributed by atoms with Gasteiger partial charge in [0, 0.05) is 12.8 Å². The molecule has 3 aromatic carbocycles. The molecule has 1 aliphatic heterocycles. The van der Waals surface area contributed by atoms with E-state index < -0.39 is 56.0 Å². The molecule has 14 heteroatoms. The molecule has 3 atom stereocenters. The van der Waals surface area contributed by atoms with Crippen LogP contribution in [0.4, 0.5) is 13.2 Å². The van der Waals surface area contributed by atoms with Crippen LogP contribution in [0.5, 0.6) is 0 Å². The van der Waals surface area contributed by atoms with Crippen LogP contribution in [0.25, 0.3) is 11.1 Å². The van der Waals surface area contributed by atoms with E-state index in [-0.39, 0.29) is 40.7 Å². The molecule has 2 amide bonds. The number of halogens is 3. The van der Waals surface area contributed by atoms with Crippen LogP contribution < -0.4 is 10.6 Å². The van der Waals surface area contributed by atoms with Gasteiger partial charge in [0.1, 0.15) is 12.1 Å². The summed E-state index contributed by atoms with van der Waals surface area (Å²) in [7, 11) is -7.57. The van der Waals surface area contributed by atoms with E-state index in [4.69, 9.17) is 0 Å². The first-order chi connectivity index (χ1) is 21.0. The third-order valence-corrected chi connectivity index (χ3v) is 10.3. The highest BCUT2D eigenvalue weighted by Gasteiger charge is 2.44. The molecule has 0 saturated carbocycles. The highest BCUT2D eigenvalue weighted by molar-refractivity contribution is 7.90. The number of carbonyl (C=O) groups excluding carboxylic acids is 2. The van der Waals surface area contributed by atoms with Crippen molar-refractivity contribution >= 4 is 31.7 Å². The van der Waals surface area contributed by atoms with Crippen molar-refractivity contribution in [2.45, 2.75) is 60.8 Å². The van der Waals surface area contributed by atoms with Crippen molar-refractivity contribution in [1.29, 1.82) is 0 Å². The quantitative estimate of drug-likeness (QED) is 0.309. The summed E-state index contributed by atoms with van der Waals surface area (Å²) in [4.78, 5) is 26.4. The molecule has 242 valence electrons. The predicted molar refractivity (Wildman–Crippen MR) is 162 cm³/mol. The predicted octanol–water partition coefficient (Wildman–Crippen LogP) is 4.47. The third-order valence-electron chi connectivity index (χ3n) is 7.39. The molecule has 3 aromatic rings. The zero-order valence-corrected chi connectivity index (χ0v) is 26.4. The number of rotatable bonds is 11. The van der Waals surface area contributed by atoms with Gasteiger partial charge in [-0.15, -0.1) is 0 Å². The average Bonchev–Trinajstić information content (AvgIpc) is 3.34. The maximum Gasteiger partial charge on any atom is 0.407 e.